The molecule has 3 N–H and O–H groups in total. The largest absolute Gasteiger partial charge is 0.507 e. The van der Waals surface area contributed by atoms with E-state index in [9.17, 15) is 9.90 Å². The number of nitrogens with zero attached hydrogens (tertiary/aromatic N) is 2. The minimum Gasteiger partial charge on any atom is -0.507 e. The first kappa shape index (κ1) is 17.5. The summed E-state index contributed by atoms with van der Waals surface area (Å²) in [7, 11) is 3.14. The molecule has 4 rings (SSSR count). The van der Waals surface area contributed by atoms with Gasteiger partial charge in [-0.25, -0.2) is 4.98 Å². The van der Waals surface area contributed by atoms with Crippen LogP contribution in [0.1, 0.15) is 10.4 Å². The highest BCUT2D eigenvalue weighted by molar-refractivity contribution is 5.99. The molecule has 7 nitrogen and oxygen atoms in total. The lowest BCUT2D eigenvalue weighted by atomic mass is 10.0. The van der Waals surface area contributed by atoms with Gasteiger partial charge in [0.15, 0.2) is 5.65 Å². The van der Waals surface area contributed by atoms with E-state index in [0.29, 0.717) is 11.4 Å². The van der Waals surface area contributed by atoms with Gasteiger partial charge >= 0.3 is 0 Å². The predicted octanol–water partition coefficient (Wildman–Crippen LogP) is 3.37. The van der Waals surface area contributed by atoms with Crippen LogP contribution in [0.3, 0.4) is 0 Å². The zero-order valence-corrected chi connectivity index (χ0v) is 15.4. The van der Waals surface area contributed by atoms with Gasteiger partial charge in [0.1, 0.15) is 17.2 Å². The maximum atomic E-state index is 12.0. The third-order valence-electron chi connectivity index (χ3n) is 4.58. The summed E-state index contributed by atoms with van der Waals surface area (Å²) in [5.74, 6) is 0.286. The van der Waals surface area contributed by atoms with Gasteiger partial charge in [0.2, 0.25) is 0 Å². The quantitative estimate of drug-likeness (QED) is 0.509. The first-order chi connectivity index (χ1) is 13.6. The van der Waals surface area contributed by atoms with E-state index in [2.05, 4.69) is 20.5 Å². The first-order valence-corrected chi connectivity index (χ1v) is 8.65. The molecule has 1 amide bonds. The van der Waals surface area contributed by atoms with Crippen molar-refractivity contribution in [3.8, 4) is 33.9 Å². The SMILES string of the molecule is CNC(=O)c1cc(-c2cnc3[nH]nc(-c4ccccc4OC)c3c2)ccc1O. The van der Waals surface area contributed by atoms with Crippen LogP contribution in [-0.2, 0) is 0 Å². The van der Waals surface area contributed by atoms with E-state index in [1.165, 1.54) is 13.1 Å². The van der Waals surface area contributed by atoms with E-state index in [-0.39, 0.29) is 17.2 Å². The summed E-state index contributed by atoms with van der Waals surface area (Å²) in [6, 6.07) is 14.5. The Bertz CT molecular complexity index is 1180. The summed E-state index contributed by atoms with van der Waals surface area (Å²) in [6.07, 6.45) is 1.70. The molecular formula is C21H18N4O3. The van der Waals surface area contributed by atoms with Crippen molar-refractivity contribution in [1.29, 1.82) is 0 Å². The second-order valence-corrected chi connectivity index (χ2v) is 6.20. The molecular weight excluding hydrogens is 356 g/mol. The van der Waals surface area contributed by atoms with Gasteiger partial charge in [-0.2, -0.15) is 5.10 Å². The summed E-state index contributed by atoms with van der Waals surface area (Å²) >= 11 is 0. The van der Waals surface area contributed by atoms with Gasteiger partial charge < -0.3 is 15.2 Å². The normalized spacial score (nSPS) is 10.8. The average molecular weight is 374 g/mol. The number of methoxy groups -OCH3 is 1. The molecule has 140 valence electrons. The van der Waals surface area contributed by atoms with Gasteiger partial charge in [0, 0.05) is 29.8 Å². The molecule has 2 heterocycles. The van der Waals surface area contributed by atoms with Gasteiger partial charge in [-0.15, -0.1) is 0 Å². The Kier molecular flexibility index (Phi) is 4.41. The number of phenols is 1. The number of fused-ring (bicyclic) bond motifs is 1. The van der Waals surface area contributed by atoms with Gasteiger partial charge in [0.05, 0.1) is 12.7 Å². The number of hydrogen-bond donors (Lipinski definition) is 3. The zero-order chi connectivity index (χ0) is 19.7. The molecule has 0 bridgehead atoms. The molecule has 0 aliphatic rings. The summed E-state index contributed by atoms with van der Waals surface area (Å²) in [5, 5.41) is 20.7. The smallest absolute Gasteiger partial charge is 0.254 e. The van der Waals surface area contributed by atoms with Crippen LogP contribution in [0.5, 0.6) is 11.5 Å². The molecule has 0 fully saturated rings. The van der Waals surface area contributed by atoms with E-state index in [1.807, 2.05) is 30.3 Å². The third kappa shape index (κ3) is 2.92. The van der Waals surface area contributed by atoms with Gasteiger partial charge in [-0.1, -0.05) is 18.2 Å². The summed E-state index contributed by atoms with van der Waals surface area (Å²) in [5.41, 5.74) is 4.00. The molecule has 0 unspecified atom stereocenters. The molecule has 28 heavy (non-hydrogen) atoms. The lowest BCUT2D eigenvalue weighted by Gasteiger charge is -2.08. The van der Waals surface area contributed by atoms with E-state index < -0.39 is 0 Å². The van der Waals surface area contributed by atoms with E-state index in [4.69, 9.17) is 4.74 Å². The van der Waals surface area contributed by atoms with Crippen molar-refractivity contribution in [2.45, 2.75) is 0 Å². The summed E-state index contributed by atoms with van der Waals surface area (Å²) in [6.45, 7) is 0. The fourth-order valence-corrected chi connectivity index (χ4v) is 3.14. The average Bonchev–Trinajstić information content (AvgIpc) is 3.16. The Labute approximate surface area is 161 Å². The van der Waals surface area contributed by atoms with Crippen LogP contribution in [0.25, 0.3) is 33.4 Å². The Morgan fingerprint density at radius 1 is 1.14 bits per heavy atom. The number of amides is 1. The number of carbonyl (C=O) groups is 1. The Balaban J connectivity index is 1.86. The van der Waals surface area contributed by atoms with Gasteiger partial charge in [0.25, 0.3) is 5.91 Å². The van der Waals surface area contributed by atoms with Gasteiger partial charge in [-0.05, 0) is 35.9 Å². The van der Waals surface area contributed by atoms with E-state index >= 15 is 0 Å². The monoisotopic (exact) mass is 374 g/mol. The highest BCUT2D eigenvalue weighted by Crippen LogP contribution is 2.34. The molecule has 0 aliphatic carbocycles. The van der Waals surface area contributed by atoms with Crippen LogP contribution in [0.2, 0.25) is 0 Å². The maximum absolute atomic E-state index is 12.0. The number of para-hydroxylation sites is 1. The van der Waals surface area contributed by atoms with Crippen LogP contribution in [0.15, 0.2) is 54.7 Å². The number of H-pyrrole nitrogens is 1. The second kappa shape index (κ2) is 7.03. The first-order valence-electron chi connectivity index (χ1n) is 8.65. The number of pyridine rings is 1. The number of rotatable bonds is 4. The fraction of sp³-hybridized carbons (Fsp3) is 0.0952. The standard InChI is InChI=1S/C21H18N4O3/c1-22-21(27)15-9-12(7-8-17(15)26)13-10-16-19(24-25-20(16)23-11-13)14-5-3-4-6-18(14)28-2/h3-11,26H,1-2H3,(H,22,27)(H,23,24,25). The number of hydrogen-bond acceptors (Lipinski definition) is 5. The number of carbonyl (C=O) groups excluding carboxylic acids is 1. The van der Waals surface area contributed by atoms with Crippen molar-refractivity contribution in [3.63, 3.8) is 0 Å². The summed E-state index contributed by atoms with van der Waals surface area (Å²) in [4.78, 5) is 16.4. The molecule has 0 saturated heterocycles. The van der Waals surface area contributed by atoms with Crippen molar-refractivity contribution >= 4 is 16.9 Å². The molecule has 0 aliphatic heterocycles. The molecule has 2 aromatic heterocycles. The van der Waals surface area contributed by atoms with Crippen LogP contribution in [0, 0.1) is 0 Å². The minimum absolute atomic E-state index is 0.0739. The highest BCUT2D eigenvalue weighted by atomic mass is 16.5. The van der Waals surface area contributed by atoms with Crippen molar-refractivity contribution in [1.82, 2.24) is 20.5 Å². The number of aromatic nitrogens is 3. The minimum atomic E-state index is -0.355. The molecule has 4 aromatic rings. The Morgan fingerprint density at radius 3 is 2.75 bits per heavy atom. The highest BCUT2D eigenvalue weighted by Gasteiger charge is 2.16. The fourth-order valence-electron chi connectivity index (χ4n) is 3.14. The maximum Gasteiger partial charge on any atom is 0.254 e. The molecule has 7 heteroatoms. The van der Waals surface area contributed by atoms with Crippen LogP contribution in [-0.4, -0.2) is 40.4 Å². The Morgan fingerprint density at radius 2 is 1.96 bits per heavy atom. The number of aromatic amines is 1. The topological polar surface area (TPSA) is 100 Å². The van der Waals surface area contributed by atoms with Crippen molar-refractivity contribution < 1.29 is 14.6 Å². The lowest BCUT2D eigenvalue weighted by Crippen LogP contribution is -2.17. The number of aromatic hydroxyl groups is 1. The van der Waals surface area contributed by atoms with E-state index in [0.717, 1.165) is 27.8 Å². The van der Waals surface area contributed by atoms with Gasteiger partial charge in [-0.3, -0.25) is 9.89 Å². The predicted molar refractivity (Wildman–Crippen MR) is 106 cm³/mol. The number of benzene rings is 2. The molecule has 0 saturated carbocycles. The molecule has 2 aromatic carbocycles. The number of nitrogens with one attached hydrogen (secondary N) is 2. The van der Waals surface area contributed by atoms with Crippen molar-refractivity contribution in [3.05, 3.63) is 60.3 Å². The molecule has 0 spiro atoms. The lowest BCUT2D eigenvalue weighted by molar-refractivity contribution is 0.0960. The zero-order valence-electron chi connectivity index (χ0n) is 15.4. The van der Waals surface area contributed by atoms with Crippen LogP contribution in [0.4, 0.5) is 0 Å². The van der Waals surface area contributed by atoms with E-state index in [1.54, 1.807) is 25.4 Å². The second-order valence-electron chi connectivity index (χ2n) is 6.20. The van der Waals surface area contributed by atoms with Crippen molar-refractivity contribution in [2.75, 3.05) is 14.2 Å². The summed E-state index contributed by atoms with van der Waals surface area (Å²) < 4.78 is 5.45. The van der Waals surface area contributed by atoms with Crippen LogP contribution < -0.4 is 10.1 Å². The number of ether oxygens (including phenoxy) is 1. The molecule has 0 atom stereocenters. The molecule has 0 radical (unpaired) electrons. The number of phenolic OH excluding ortho intramolecular Hbond substituents is 1. The van der Waals surface area contributed by atoms with Crippen molar-refractivity contribution in [2.24, 2.45) is 0 Å². The Hall–Kier alpha value is -3.87. The van der Waals surface area contributed by atoms with Crippen LogP contribution >= 0.6 is 0 Å². The third-order valence-corrected chi connectivity index (χ3v) is 4.58.